The molecular weight excluding hydrogens is 268 g/mol. The SMILES string of the molecule is CC(Nc1cccnc1Cl)c1ccc2ccccc2c1. The van der Waals surface area contributed by atoms with Crippen molar-refractivity contribution in [3.8, 4) is 0 Å². The van der Waals surface area contributed by atoms with Crippen LogP contribution in [0, 0.1) is 0 Å². The van der Waals surface area contributed by atoms with E-state index in [1.54, 1.807) is 6.20 Å². The molecule has 1 heterocycles. The van der Waals surface area contributed by atoms with Crippen LogP contribution in [-0.2, 0) is 0 Å². The first kappa shape index (κ1) is 12.9. The summed E-state index contributed by atoms with van der Waals surface area (Å²) in [5, 5.41) is 6.40. The largest absolute Gasteiger partial charge is 0.376 e. The van der Waals surface area contributed by atoms with E-state index in [0.717, 1.165) is 5.69 Å². The number of fused-ring (bicyclic) bond motifs is 1. The number of hydrogen-bond donors (Lipinski definition) is 1. The summed E-state index contributed by atoms with van der Waals surface area (Å²) in [5.74, 6) is 0. The van der Waals surface area contributed by atoms with Gasteiger partial charge in [0.1, 0.15) is 0 Å². The lowest BCUT2D eigenvalue weighted by atomic mass is 10.0. The molecule has 2 nitrogen and oxygen atoms in total. The monoisotopic (exact) mass is 282 g/mol. The first-order chi connectivity index (χ1) is 9.74. The fraction of sp³-hybridized carbons (Fsp3) is 0.118. The zero-order valence-corrected chi connectivity index (χ0v) is 11.9. The Morgan fingerprint density at radius 3 is 2.60 bits per heavy atom. The molecule has 0 aliphatic rings. The highest BCUT2D eigenvalue weighted by Crippen LogP contribution is 2.26. The van der Waals surface area contributed by atoms with Crippen molar-refractivity contribution in [2.24, 2.45) is 0 Å². The van der Waals surface area contributed by atoms with E-state index in [1.165, 1.54) is 16.3 Å². The molecule has 0 saturated carbocycles. The average Bonchev–Trinajstić information content (AvgIpc) is 2.49. The van der Waals surface area contributed by atoms with Gasteiger partial charge in [-0.15, -0.1) is 0 Å². The van der Waals surface area contributed by atoms with Gasteiger partial charge in [-0.2, -0.15) is 0 Å². The zero-order chi connectivity index (χ0) is 13.9. The number of hydrogen-bond acceptors (Lipinski definition) is 2. The van der Waals surface area contributed by atoms with Gasteiger partial charge in [-0.25, -0.2) is 4.98 Å². The number of pyridine rings is 1. The van der Waals surface area contributed by atoms with Crippen LogP contribution in [0.25, 0.3) is 10.8 Å². The van der Waals surface area contributed by atoms with Gasteiger partial charge in [0.2, 0.25) is 0 Å². The van der Waals surface area contributed by atoms with E-state index in [4.69, 9.17) is 11.6 Å². The highest BCUT2D eigenvalue weighted by Gasteiger charge is 2.08. The molecule has 0 saturated heterocycles. The van der Waals surface area contributed by atoms with Gasteiger partial charge >= 0.3 is 0 Å². The molecular formula is C17H15ClN2. The molecule has 3 rings (SSSR count). The van der Waals surface area contributed by atoms with E-state index in [0.29, 0.717) is 5.15 Å². The second kappa shape index (κ2) is 5.51. The van der Waals surface area contributed by atoms with Crippen molar-refractivity contribution < 1.29 is 0 Å². The Kier molecular flexibility index (Phi) is 3.57. The summed E-state index contributed by atoms with van der Waals surface area (Å²) in [6, 6.07) is 18.8. The molecule has 0 aliphatic carbocycles. The summed E-state index contributed by atoms with van der Waals surface area (Å²) in [7, 11) is 0. The van der Waals surface area contributed by atoms with Gasteiger partial charge < -0.3 is 5.32 Å². The van der Waals surface area contributed by atoms with Crippen LogP contribution < -0.4 is 5.32 Å². The number of anilines is 1. The highest BCUT2D eigenvalue weighted by atomic mass is 35.5. The van der Waals surface area contributed by atoms with Crippen LogP contribution in [0.2, 0.25) is 5.15 Å². The Labute approximate surface area is 123 Å². The minimum absolute atomic E-state index is 0.168. The molecule has 0 fully saturated rings. The third-order valence-electron chi connectivity index (χ3n) is 3.40. The summed E-state index contributed by atoms with van der Waals surface area (Å²) >= 11 is 6.08. The summed E-state index contributed by atoms with van der Waals surface area (Å²) in [6.07, 6.45) is 1.69. The Bertz CT molecular complexity index is 740. The predicted octanol–water partition coefficient (Wildman–Crippen LogP) is 5.06. The van der Waals surface area contributed by atoms with E-state index in [-0.39, 0.29) is 6.04 Å². The zero-order valence-electron chi connectivity index (χ0n) is 11.2. The Morgan fingerprint density at radius 1 is 1.00 bits per heavy atom. The number of rotatable bonds is 3. The van der Waals surface area contributed by atoms with Crippen molar-refractivity contribution in [1.82, 2.24) is 4.98 Å². The van der Waals surface area contributed by atoms with E-state index in [1.807, 2.05) is 12.1 Å². The molecule has 0 aliphatic heterocycles. The summed E-state index contributed by atoms with van der Waals surface area (Å²) in [4.78, 5) is 4.08. The lowest BCUT2D eigenvalue weighted by molar-refractivity contribution is 0.885. The minimum Gasteiger partial charge on any atom is -0.376 e. The maximum Gasteiger partial charge on any atom is 0.152 e. The number of nitrogens with zero attached hydrogens (tertiary/aromatic N) is 1. The van der Waals surface area contributed by atoms with Gasteiger partial charge in [-0.05, 0) is 41.5 Å². The molecule has 0 amide bonds. The van der Waals surface area contributed by atoms with E-state index >= 15 is 0 Å². The molecule has 0 radical (unpaired) electrons. The molecule has 1 N–H and O–H groups in total. The standard InChI is InChI=1S/C17H15ClN2/c1-12(20-16-7-4-10-19-17(16)18)14-9-8-13-5-2-3-6-15(13)11-14/h2-12,20H,1H3. The fourth-order valence-corrected chi connectivity index (χ4v) is 2.46. The second-order valence-corrected chi connectivity index (χ2v) is 5.17. The van der Waals surface area contributed by atoms with Crippen molar-refractivity contribution >= 4 is 28.1 Å². The minimum atomic E-state index is 0.168. The van der Waals surface area contributed by atoms with Gasteiger partial charge in [0.25, 0.3) is 0 Å². The quantitative estimate of drug-likeness (QED) is 0.679. The van der Waals surface area contributed by atoms with Crippen LogP contribution >= 0.6 is 11.6 Å². The first-order valence-corrected chi connectivity index (χ1v) is 6.97. The van der Waals surface area contributed by atoms with Crippen molar-refractivity contribution in [3.63, 3.8) is 0 Å². The number of aromatic nitrogens is 1. The van der Waals surface area contributed by atoms with Crippen LogP contribution in [0.15, 0.2) is 60.8 Å². The van der Waals surface area contributed by atoms with Crippen molar-refractivity contribution in [2.75, 3.05) is 5.32 Å². The van der Waals surface area contributed by atoms with Crippen molar-refractivity contribution in [3.05, 3.63) is 71.5 Å². The van der Waals surface area contributed by atoms with Crippen LogP contribution in [0.1, 0.15) is 18.5 Å². The molecule has 3 aromatic rings. The molecule has 3 heteroatoms. The molecule has 100 valence electrons. The first-order valence-electron chi connectivity index (χ1n) is 6.60. The van der Waals surface area contributed by atoms with Crippen LogP contribution in [0.4, 0.5) is 5.69 Å². The molecule has 1 unspecified atom stereocenters. The van der Waals surface area contributed by atoms with Gasteiger partial charge in [0.05, 0.1) is 5.69 Å². The van der Waals surface area contributed by atoms with Crippen molar-refractivity contribution in [2.45, 2.75) is 13.0 Å². The summed E-state index contributed by atoms with van der Waals surface area (Å²) in [6.45, 7) is 2.12. The number of benzene rings is 2. The Morgan fingerprint density at radius 2 is 1.80 bits per heavy atom. The molecule has 20 heavy (non-hydrogen) atoms. The maximum absolute atomic E-state index is 6.08. The Balaban J connectivity index is 1.89. The molecule has 0 bridgehead atoms. The van der Waals surface area contributed by atoms with Crippen LogP contribution in [-0.4, -0.2) is 4.98 Å². The normalized spacial score (nSPS) is 12.3. The smallest absolute Gasteiger partial charge is 0.152 e. The molecule has 0 spiro atoms. The van der Waals surface area contributed by atoms with Gasteiger partial charge in [0, 0.05) is 12.2 Å². The number of nitrogens with one attached hydrogen (secondary N) is 1. The van der Waals surface area contributed by atoms with Crippen LogP contribution in [0.5, 0.6) is 0 Å². The topological polar surface area (TPSA) is 24.9 Å². The van der Waals surface area contributed by atoms with Gasteiger partial charge in [-0.3, -0.25) is 0 Å². The van der Waals surface area contributed by atoms with Gasteiger partial charge in [-0.1, -0.05) is 48.0 Å². The highest BCUT2D eigenvalue weighted by molar-refractivity contribution is 6.31. The molecule has 1 aromatic heterocycles. The summed E-state index contributed by atoms with van der Waals surface area (Å²) in [5.41, 5.74) is 2.08. The van der Waals surface area contributed by atoms with E-state index in [2.05, 4.69) is 59.7 Å². The van der Waals surface area contributed by atoms with E-state index in [9.17, 15) is 0 Å². The second-order valence-electron chi connectivity index (χ2n) is 4.81. The van der Waals surface area contributed by atoms with Crippen molar-refractivity contribution in [1.29, 1.82) is 0 Å². The average molecular weight is 283 g/mol. The van der Waals surface area contributed by atoms with Crippen LogP contribution in [0.3, 0.4) is 0 Å². The number of halogens is 1. The molecule has 2 aromatic carbocycles. The third-order valence-corrected chi connectivity index (χ3v) is 3.71. The fourth-order valence-electron chi connectivity index (χ4n) is 2.29. The summed E-state index contributed by atoms with van der Waals surface area (Å²) < 4.78 is 0. The lowest BCUT2D eigenvalue weighted by Gasteiger charge is -2.16. The van der Waals surface area contributed by atoms with Gasteiger partial charge in [0.15, 0.2) is 5.15 Å². The third kappa shape index (κ3) is 2.61. The molecule has 1 atom stereocenters. The van der Waals surface area contributed by atoms with E-state index < -0.39 is 0 Å². The lowest BCUT2D eigenvalue weighted by Crippen LogP contribution is -2.07. The maximum atomic E-state index is 6.08. The Hall–Kier alpha value is -2.06. The predicted molar refractivity (Wildman–Crippen MR) is 85.2 cm³/mol.